The number of nitrogens with two attached hydrogens (primary N) is 1. The first kappa shape index (κ1) is 16.6. The third-order valence-electron chi connectivity index (χ3n) is 1.51. The van der Waals surface area contributed by atoms with Crippen molar-refractivity contribution < 1.29 is 31.2 Å². The molecule has 1 amide bonds. The van der Waals surface area contributed by atoms with Gasteiger partial charge in [0, 0.05) is 6.92 Å². The van der Waals surface area contributed by atoms with Gasteiger partial charge in [-0.05, 0) is 0 Å². The summed E-state index contributed by atoms with van der Waals surface area (Å²) in [5.41, 5.74) is 5.05. The Morgan fingerprint density at radius 2 is 1.80 bits per heavy atom. The maximum atomic E-state index is 10.7. The van der Waals surface area contributed by atoms with Crippen molar-refractivity contribution in [1.29, 1.82) is 0 Å². The Morgan fingerprint density at radius 3 is 2.07 bits per heavy atom. The minimum Gasteiger partial charge on any atom is -1.00 e. The van der Waals surface area contributed by atoms with Gasteiger partial charge in [0.2, 0.25) is 5.91 Å². The van der Waals surface area contributed by atoms with Gasteiger partial charge < -0.3 is 27.4 Å². The number of nitrogens with zero attached hydrogens (tertiary/aromatic N) is 1. The van der Waals surface area contributed by atoms with Gasteiger partial charge in [-0.3, -0.25) is 9.59 Å². The number of halogens is 1. The molecule has 0 fully saturated rings. The molecule has 0 aliphatic carbocycles. The van der Waals surface area contributed by atoms with Gasteiger partial charge in [-0.1, -0.05) is 0 Å². The van der Waals surface area contributed by atoms with E-state index in [1.165, 1.54) is 6.92 Å². The van der Waals surface area contributed by atoms with Crippen LogP contribution in [0.5, 0.6) is 0 Å². The number of ether oxygens (including phenoxy) is 1. The Hall–Kier alpha value is -0.810. The summed E-state index contributed by atoms with van der Waals surface area (Å²) >= 11 is 0. The highest BCUT2D eigenvalue weighted by molar-refractivity contribution is 5.75. The van der Waals surface area contributed by atoms with Crippen molar-refractivity contribution in [2.75, 3.05) is 27.7 Å². The quantitative estimate of drug-likeness (QED) is 0.399. The second-order valence-electron chi connectivity index (χ2n) is 4.37. The first-order chi connectivity index (χ1) is 6.20. The van der Waals surface area contributed by atoms with E-state index in [0.717, 1.165) is 0 Å². The van der Waals surface area contributed by atoms with Crippen molar-refractivity contribution in [2.24, 2.45) is 5.73 Å². The summed E-state index contributed by atoms with van der Waals surface area (Å²) in [7, 11) is 5.87. The van der Waals surface area contributed by atoms with Gasteiger partial charge in [0.05, 0.1) is 27.6 Å². The molecule has 0 heterocycles. The monoisotopic (exact) mass is 238 g/mol. The van der Waals surface area contributed by atoms with Crippen molar-refractivity contribution in [2.45, 2.75) is 19.4 Å². The van der Waals surface area contributed by atoms with E-state index in [0.29, 0.717) is 11.0 Å². The molecule has 0 rings (SSSR count). The lowest BCUT2D eigenvalue weighted by atomic mass is 10.2. The number of esters is 1. The molecular weight excluding hydrogens is 220 g/mol. The average molecular weight is 239 g/mol. The van der Waals surface area contributed by atoms with E-state index in [-0.39, 0.29) is 24.8 Å². The smallest absolute Gasteiger partial charge is 0.303 e. The summed E-state index contributed by atoms with van der Waals surface area (Å²) in [6.45, 7) is 1.90. The fourth-order valence-electron chi connectivity index (χ4n) is 1.21. The molecule has 0 spiro atoms. The molecule has 2 N–H and O–H groups in total. The maximum Gasteiger partial charge on any atom is 0.303 e. The van der Waals surface area contributed by atoms with Gasteiger partial charge >= 0.3 is 5.97 Å². The molecular formula is C9H19ClN2O3. The van der Waals surface area contributed by atoms with Crippen LogP contribution in [0.2, 0.25) is 0 Å². The molecule has 0 aliphatic rings. The molecule has 5 nitrogen and oxygen atoms in total. The van der Waals surface area contributed by atoms with Crippen LogP contribution >= 0.6 is 0 Å². The third-order valence-corrected chi connectivity index (χ3v) is 1.51. The molecule has 1 atom stereocenters. The minimum atomic E-state index is -0.454. The van der Waals surface area contributed by atoms with Gasteiger partial charge in [-0.25, -0.2) is 0 Å². The number of primary amides is 1. The van der Waals surface area contributed by atoms with Crippen LogP contribution in [0.1, 0.15) is 13.3 Å². The van der Waals surface area contributed by atoms with E-state index in [4.69, 9.17) is 10.5 Å². The highest BCUT2D eigenvalue weighted by atomic mass is 35.5. The SMILES string of the molecule is CC(=O)O[C@@H](CC(N)=O)C[N+](C)(C)C.[Cl-]. The lowest BCUT2D eigenvalue weighted by Gasteiger charge is -2.28. The van der Waals surface area contributed by atoms with Gasteiger partial charge in [0.25, 0.3) is 0 Å². The Balaban J connectivity index is 0. The Morgan fingerprint density at radius 1 is 1.33 bits per heavy atom. The molecule has 0 aromatic heterocycles. The largest absolute Gasteiger partial charge is 1.00 e. The lowest BCUT2D eigenvalue weighted by molar-refractivity contribution is -0.873. The molecule has 0 bridgehead atoms. The Kier molecular flexibility index (Phi) is 7.35. The first-order valence-electron chi connectivity index (χ1n) is 4.46. The Bertz CT molecular complexity index is 210. The molecule has 0 saturated carbocycles. The summed E-state index contributed by atoms with van der Waals surface area (Å²) in [5.74, 6) is -0.839. The molecule has 6 heteroatoms. The second-order valence-corrected chi connectivity index (χ2v) is 4.37. The van der Waals surface area contributed by atoms with E-state index in [1.54, 1.807) is 0 Å². The van der Waals surface area contributed by atoms with Gasteiger partial charge in [-0.2, -0.15) is 0 Å². The highest BCUT2D eigenvalue weighted by Crippen LogP contribution is 2.04. The predicted molar refractivity (Wildman–Crippen MR) is 52.3 cm³/mol. The number of amides is 1. The molecule has 0 aromatic rings. The van der Waals surface area contributed by atoms with Crippen molar-refractivity contribution in [1.82, 2.24) is 0 Å². The zero-order chi connectivity index (χ0) is 11.4. The van der Waals surface area contributed by atoms with Gasteiger partial charge in [0.15, 0.2) is 6.10 Å². The zero-order valence-electron chi connectivity index (χ0n) is 9.62. The number of rotatable bonds is 5. The maximum absolute atomic E-state index is 10.7. The number of carbonyl (C=O) groups excluding carboxylic acids is 2. The van der Waals surface area contributed by atoms with Crippen LogP contribution in [0, 0.1) is 0 Å². The second kappa shape index (κ2) is 6.63. The van der Waals surface area contributed by atoms with Gasteiger partial charge in [-0.15, -0.1) is 0 Å². The fourth-order valence-corrected chi connectivity index (χ4v) is 1.21. The van der Waals surface area contributed by atoms with Crippen molar-refractivity contribution in [3.05, 3.63) is 0 Å². The molecule has 90 valence electrons. The number of hydrogen-bond donors (Lipinski definition) is 1. The van der Waals surface area contributed by atoms with Crippen LogP contribution in [0.15, 0.2) is 0 Å². The average Bonchev–Trinajstić information content (AvgIpc) is 1.77. The molecule has 0 unspecified atom stereocenters. The topological polar surface area (TPSA) is 69.4 Å². The van der Waals surface area contributed by atoms with Crippen LogP contribution in [0.3, 0.4) is 0 Å². The summed E-state index contributed by atoms with van der Waals surface area (Å²) in [4.78, 5) is 21.4. The zero-order valence-corrected chi connectivity index (χ0v) is 10.4. The molecule has 0 saturated heterocycles. The normalized spacial score (nSPS) is 12.5. The third kappa shape index (κ3) is 11.1. The van der Waals surface area contributed by atoms with Crippen LogP contribution in [-0.2, 0) is 14.3 Å². The minimum absolute atomic E-state index is 0. The van der Waals surface area contributed by atoms with Crippen LogP contribution in [-0.4, -0.2) is 50.2 Å². The van der Waals surface area contributed by atoms with E-state index in [9.17, 15) is 9.59 Å². The summed E-state index contributed by atoms with van der Waals surface area (Å²) < 4.78 is 5.60. The van der Waals surface area contributed by atoms with Crippen molar-refractivity contribution >= 4 is 11.9 Å². The molecule has 0 radical (unpaired) electrons. The summed E-state index contributed by atoms with van der Waals surface area (Å²) in [5, 5.41) is 0. The molecule has 15 heavy (non-hydrogen) atoms. The Labute approximate surface area is 96.6 Å². The van der Waals surface area contributed by atoms with E-state index >= 15 is 0 Å². The summed E-state index contributed by atoms with van der Waals surface area (Å²) in [6, 6.07) is 0. The number of hydrogen-bond acceptors (Lipinski definition) is 3. The van der Waals surface area contributed by atoms with Gasteiger partial charge in [0.1, 0.15) is 6.54 Å². The van der Waals surface area contributed by atoms with E-state index in [2.05, 4.69) is 0 Å². The van der Waals surface area contributed by atoms with E-state index in [1.807, 2.05) is 21.1 Å². The number of quaternary nitrogens is 1. The van der Waals surface area contributed by atoms with Crippen LogP contribution in [0.25, 0.3) is 0 Å². The fraction of sp³-hybridized carbons (Fsp3) is 0.778. The molecule has 0 aromatic carbocycles. The van der Waals surface area contributed by atoms with Crippen LogP contribution in [0.4, 0.5) is 0 Å². The first-order valence-corrected chi connectivity index (χ1v) is 4.46. The number of likely N-dealkylation sites (N-methyl/N-ethyl adjacent to an activating group) is 1. The van der Waals surface area contributed by atoms with Crippen molar-refractivity contribution in [3.8, 4) is 0 Å². The van der Waals surface area contributed by atoms with Crippen molar-refractivity contribution in [3.63, 3.8) is 0 Å². The highest BCUT2D eigenvalue weighted by Gasteiger charge is 2.22. The standard InChI is InChI=1S/C9H18N2O3.ClH/c1-7(12)14-8(5-9(10)13)6-11(2,3)4;/h8H,5-6H2,1-4H3,(H-,10,13);1H/t8-;/m0./s1. The number of carbonyl (C=O) groups is 2. The van der Waals surface area contributed by atoms with Crippen LogP contribution < -0.4 is 18.1 Å². The lowest BCUT2D eigenvalue weighted by Crippen LogP contribution is -3.00. The molecule has 0 aliphatic heterocycles. The summed E-state index contributed by atoms with van der Waals surface area (Å²) in [6.07, 6.45) is -0.347. The van der Waals surface area contributed by atoms with E-state index < -0.39 is 12.0 Å². The predicted octanol–water partition coefficient (Wildman–Crippen LogP) is -3.50.